The van der Waals surface area contributed by atoms with Gasteiger partial charge in [-0.05, 0) is 11.8 Å². The molecule has 3 N–H and O–H groups in total. The van der Waals surface area contributed by atoms with Crippen LogP contribution in [0.4, 0.5) is 0 Å². The molecule has 0 spiro atoms. The Morgan fingerprint density at radius 3 is 1.62 bits per heavy atom. The van der Waals surface area contributed by atoms with Gasteiger partial charge in [0, 0.05) is 5.54 Å². The van der Waals surface area contributed by atoms with E-state index in [1.807, 2.05) is 27.7 Å². The van der Waals surface area contributed by atoms with E-state index in [9.17, 15) is 8.42 Å². The van der Waals surface area contributed by atoms with Crippen LogP contribution in [0.2, 0.25) is 0 Å². The minimum absolute atomic E-state index is 0.00873. The van der Waals surface area contributed by atoms with Gasteiger partial charge in [-0.25, -0.2) is 0 Å². The van der Waals surface area contributed by atoms with Crippen LogP contribution in [0, 0.1) is 11.8 Å². The molecule has 0 bridgehead atoms. The average molecular weight is 209 g/mol. The van der Waals surface area contributed by atoms with Gasteiger partial charge in [0.05, 0.1) is 5.75 Å². The van der Waals surface area contributed by atoms with Gasteiger partial charge in [0.15, 0.2) is 0 Å². The largest absolute Gasteiger partial charge is 0.324 e. The minimum atomic E-state index is -4.00. The molecular weight excluding hydrogens is 190 g/mol. The Kier molecular flexibility index (Phi) is 3.90. The average Bonchev–Trinajstić information content (AvgIpc) is 1.82. The van der Waals surface area contributed by atoms with Crippen LogP contribution < -0.4 is 5.73 Å². The lowest BCUT2D eigenvalue weighted by molar-refractivity contribution is 0.248. The van der Waals surface area contributed by atoms with Crippen molar-refractivity contribution in [3.63, 3.8) is 0 Å². The van der Waals surface area contributed by atoms with Crippen molar-refractivity contribution in [2.24, 2.45) is 17.6 Å². The third-order valence-corrected chi connectivity index (χ3v) is 3.45. The lowest BCUT2D eigenvalue weighted by atomic mass is 9.79. The highest BCUT2D eigenvalue weighted by Gasteiger charge is 2.36. The van der Waals surface area contributed by atoms with Crippen molar-refractivity contribution in [3.05, 3.63) is 0 Å². The summed E-state index contributed by atoms with van der Waals surface area (Å²) in [7, 11) is -4.00. The van der Waals surface area contributed by atoms with E-state index in [-0.39, 0.29) is 17.6 Å². The highest BCUT2D eigenvalue weighted by atomic mass is 32.2. The second kappa shape index (κ2) is 3.94. The quantitative estimate of drug-likeness (QED) is 0.674. The molecule has 0 fully saturated rings. The summed E-state index contributed by atoms with van der Waals surface area (Å²) in [5, 5.41) is 0. The summed E-state index contributed by atoms with van der Waals surface area (Å²) in [6, 6.07) is 0. The fourth-order valence-corrected chi connectivity index (χ4v) is 2.61. The Morgan fingerprint density at radius 2 is 1.54 bits per heavy atom. The van der Waals surface area contributed by atoms with Gasteiger partial charge in [-0.15, -0.1) is 0 Å². The Labute approximate surface area is 80.3 Å². The van der Waals surface area contributed by atoms with Crippen LogP contribution in [0.1, 0.15) is 27.7 Å². The molecule has 0 aromatic heterocycles. The van der Waals surface area contributed by atoms with Gasteiger partial charge < -0.3 is 5.73 Å². The first-order chi connectivity index (χ1) is 5.59. The molecule has 0 rings (SSSR count). The Morgan fingerprint density at radius 1 is 1.23 bits per heavy atom. The van der Waals surface area contributed by atoms with Gasteiger partial charge in [0.25, 0.3) is 10.1 Å². The highest BCUT2D eigenvalue weighted by Crippen LogP contribution is 2.24. The molecule has 80 valence electrons. The molecule has 0 aromatic rings. The van der Waals surface area contributed by atoms with E-state index in [0.717, 1.165) is 0 Å². The van der Waals surface area contributed by atoms with E-state index >= 15 is 0 Å². The Balaban J connectivity index is 4.83. The topological polar surface area (TPSA) is 80.4 Å². The van der Waals surface area contributed by atoms with Gasteiger partial charge in [-0.1, -0.05) is 27.7 Å². The lowest BCUT2D eigenvalue weighted by Crippen LogP contribution is -2.54. The standard InChI is InChI=1S/C8H19NO3S/c1-6(2)8(9,7(3)4)5-13(10,11)12/h6-7H,5,9H2,1-4H3,(H,10,11,12). The summed E-state index contributed by atoms with van der Waals surface area (Å²) < 4.78 is 30.2. The summed E-state index contributed by atoms with van der Waals surface area (Å²) >= 11 is 0. The molecule has 13 heavy (non-hydrogen) atoms. The third-order valence-electron chi connectivity index (χ3n) is 2.58. The molecule has 0 aliphatic rings. The van der Waals surface area contributed by atoms with Crippen molar-refractivity contribution in [2.45, 2.75) is 33.2 Å². The minimum Gasteiger partial charge on any atom is -0.324 e. The summed E-state index contributed by atoms with van der Waals surface area (Å²) in [5.74, 6) is -0.362. The zero-order valence-electron chi connectivity index (χ0n) is 8.61. The number of nitrogens with two attached hydrogens (primary N) is 1. The van der Waals surface area contributed by atoms with Crippen molar-refractivity contribution in [1.82, 2.24) is 0 Å². The van der Waals surface area contributed by atoms with E-state index in [4.69, 9.17) is 10.3 Å². The van der Waals surface area contributed by atoms with Crippen molar-refractivity contribution < 1.29 is 13.0 Å². The van der Waals surface area contributed by atoms with E-state index in [2.05, 4.69) is 0 Å². The summed E-state index contributed by atoms with van der Waals surface area (Å²) in [6.07, 6.45) is 0. The maximum atomic E-state index is 10.7. The molecule has 0 unspecified atom stereocenters. The molecule has 0 amide bonds. The molecule has 0 heterocycles. The summed E-state index contributed by atoms with van der Waals surface area (Å²) in [6.45, 7) is 7.41. The maximum absolute atomic E-state index is 10.7. The van der Waals surface area contributed by atoms with Crippen molar-refractivity contribution in [3.8, 4) is 0 Å². The summed E-state index contributed by atoms with van der Waals surface area (Å²) in [4.78, 5) is 0. The fourth-order valence-electron chi connectivity index (χ4n) is 1.32. The first-order valence-corrected chi connectivity index (χ1v) is 5.94. The number of hydrogen-bond acceptors (Lipinski definition) is 3. The molecule has 0 aromatic carbocycles. The second-order valence-corrected chi connectivity index (χ2v) is 5.60. The molecule has 4 nitrogen and oxygen atoms in total. The highest BCUT2D eigenvalue weighted by molar-refractivity contribution is 7.85. The van der Waals surface area contributed by atoms with Crippen LogP contribution in [0.15, 0.2) is 0 Å². The molecule has 0 atom stereocenters. The van der Waals surface area contributed by atoms with Crippen LogP contribution in [0.5, 0.6) is 0 Å². The monoisotopic (exact) mass is 209 g/mol. The maximum Gasteiger partial charge on any atom is 0.266 e. The molecular formula is C8H19NO3S. The molecule has 0 saturated carbocycles. The van der Waals surface area contributed by atoms with Crippen LogP contribution >= 0.6 is 0 Å². The molecule has 5 heteroatoms. The van der Waals surface area contributed by atoms with Gasteiger partial charge in [-0.2, -0.15) is 8.42 Å². The van der Waals surface area contributed by atoms with E-state index < -0.39 is 15.7 Å². The normalized spacial score (nSPS) is 14.2. The lowest BCUT2D eigenvalue weighted by Gasteiger charge is -2.36. The Hall–Kier alpha value is -0.130. The van der Waals surface area contributed by atoms with Gasteiger partial charge in [0.1, 0.15) is 0 Å². The Bertz CT molecular complexity index is 249. The first kappa shape index (κ1) is 12.9. The van der Waals surface area contributed by atoms with Crippen molar-refractivity contribution in [2.75, 3.05) is 5.75 Å². The zero-order valence-corrected chi connectivity index (χ0v) is 9.43. The molecule has 0 aliphatic heterocycles. The van der Waals surface area contributed by atoms with E-state index in [1.54, 1.807) is 0 Å². The van der Waals surface area contributed by atoms with E-state index in [1.165, 1.54) is 0 Å². The molecule has 0 aliphatic carbocycles. The van der Waals surface area contributed by atoms with Crippen LogP contribution in [-0.2, 0) is 10.1 Å². The SMILES string of the molecule is CC(C)C(N)(CS(=O)(=O)O)C(C)C. The van der Waals surface area contributed by atoms with E-state index in [0.29, 0.717) is 0 Å². The van der Waals surface area contributed by atoms with Gasteiger partial charge in [-0.3, -0.25) is 4.55 Å². The van der Waals surface area contributed by atoms with Crippen molar-refractivity contribution in [1.29, 1.82) is 0 Å². The third kappa shape index (κ3) is 3.62. The van der Waals surface area contributed by atoms with Crippen LogP contribution in [0.25, 0.3) is 0 Å². The van der Waals surface area contributed by atoms with Gasteiger partial charge >= 0.3 is 0 Å². The first-order valence-electron chi connectivity index (χ1n) is 4.33. The van der Waals surface area contributed by atoms with Crippen LogP contribution in [-0.4, -0.2) is 24.3 Å². The fraction of sp³-hybridized carbons (Fsp3) is 1.00. The van der Waals surface area contributed by atoms with Crippen molar-refractivity contribution >= 4 is 10.1 Å². The van der Waals surface area contributed by atoms with Crippen LogP contribution in [0.3, 0.4) is 0 Å². The molecule has 0 saturated heterocycles. The predicted molar refractivity (Wildman–Crippen MR) is 53.0 cm³/mol. The number of rotatable bonds is 4. The molecule has 0 radical (unpaired) electrons. The van der Waals surface area contributed by atoms with Gasteiger partial charge in [0.2, 0.25) is 0 Å². The predicted octanol–water partition coefficient (Wildman–Crippen LogP) is 0.884. The second-order valence-electron chi connectivity index (χ2n) is 4.15. The zero-order chi connectivity index (χ0) is 10.9. The smallest absolute Gasteiger partial charge is 0.266 e. The summed E-state index contributed by atoms with van der Waals surface area (Å²) in [5.41, 5.74) is 5.08. The number of hydrogen-bond donors (Lipinski definition) is 2.